The van der Waals surface area contributed by atoms with Crippen molar-refractivity contribution in [1.82, 2.24) is 0 Å². The minimum atomic E-state index is -1.25. The summed E-state index contributed by atoms with van der Waals surface area (Å²) in [5, 5.41) is 31.9. The summed E-state index contributed by atoms with van der Waals surface area (Å²) in [6, 6.07) is 0. The summed E-state index contributed by atoms with van der Waals surface area (Å²) in [5.74, 6) is -1.12. The molecule has 7 nitrogen and oxygen atoms in total. The minimum Gasteiger partial charge on any atom is -0.462 e. The van der Waals surface area contributed by atoms with Crippen molar-refractivity contribution in [2.24, 2.45) is 5.41 Å². The van der Waals surface area contributed by atoms with Gasteiger partial charge in [-0.25, -0.2) is 4.79 Å². The quantitative estimate of drug-likeness (QED) is 0.372. The number of carbonyl (C=O) groups excluding carboxylic acids is 2. The highest BCUT2D eigenvalue weighted by molar-refractivity contribution is 5.86. The van der Waals surface area contributed by atoms with E-state index in [1.54, 1.807) is 0 Å². The molecule has 24 heavy (non-hydrogen) atoms. The Labute approximate surface area is 140 Å². The third-order valence-electron chi connectivity index (χ3n) is 5.31. The van der Waals surface area contributed by atoms with E-state index in [2.05, 4.69) is 6.58 Å². The Balaban J connectivity index is 1.64. The van der Waals surface area contributed by atoms with Crippen molar-refractivity contribution in [1.29, 1.82) is 0 Å². The van der Waals surface area contributed by atoms with Crippen LogP contribution in [0, 0.1) is 5.41 Å². The van der Waals surface area contributed by atoms with E-state index in [1.807, 2.05) is 0 Å². The first-order valence-corrected chi connectivity index (χ1v) is 8.16. The van der Waals surface area contributed by atoms with Crippen LogP contribution in [0.4, 0.5) is 0 Å². The fraction of sp³-hybridized carbons (Fsp3) is 0.765. The second kappa shape index (κ2) is 5.28. The first-order chi connectivity index (χ1) is 11.0. The maximum Gasteiger partial charge on any atom is 0.333 e. The minimum absolute atomic E-state index is 0.0910. The number of hydrogen-bond donors (Lipinski definition) is 3. The second-order valence-corrected chi connectivity index (χ2v) is 8.07. The molecule has 0 heterocycles. The normalized spacial score (nSPS) is 42.7. The Morgan fingerprint density at radius 2 is 1.29 bits per heavy atom. The van der Waals surface area contributed by atoms with Gasteiger partial charge in [-0.2, -0.15) is 0 Å². The molecule has 4 bridgehead atoms. The lowest BCUT2D eigenvalue weighted by Crippen LogP contribution is -2.71. The fourth-order valence-corrected chi connectivity index (χ4v) is 5.24. The van der Waals surface area contributed by atoms with Gasteiger partial charge in [0.05, 0.1) is 22.2 Å². The number of carbonyl (C=O) groups is 2. The molecule has 7 heteroatoms. The SMILES string of the molecule is C=C(C)C(=O)OCCOC(=O)C12CC3(O)CC(O)(CC(O)(C3)C1)C2. The molecule has 3 N–H and O–H groups in total. The van der Waals surface area contributed by atoms with E-state index >= 15 is 0 Å². The molecule has 0 spiro atoms. The summed E-state index contributed by atoms with van der Waals surface area (Å²) in [6.07, 6.45) is 1.05. The van der Waals surface area contributed by atoms with Gasteiger partial charge < -0.3 is 24.8 Å². The number of hydrogen-bond acceptors (Lipinski definition) is 7. The van der Waals surface area contributed by atoms with Gasteiger partial charge in [0, 0.05) is 24.8 Å². The Morgan fingerprint density at radius 3 is 1.71 bits per heavy atom. The van der Waals surface area contributed by atoms with E-state index in [0.29, 0.717) is 0 Å². The van der Waals surface area contributed by atoms with E-state index in [1.165, 1.54) is 6.92 Å². The number of aliphatic hydroxyl groups is 3. The van der Waals surface area contributed by atoms with Crippen molar-refractivity contribution in [3.8, 4) is 0 Å². The van der Waals surface area contributed by atoms with Crippen molar-refractivity contribution >= 4 is 11.9 Å². The smallest absolute Gasteiger partial charge is 0.333 e. The third-order valence-corrected chi connectivity index (χ3v) is 5.31. The molecule has 4 aliphatic carbocycles. The van der Waals surface area contributed by atoms with Crippen LogP contribution in [-0.2, 0) is 19.1 Å². The van der Waals surface area contributed by atoms with Gasteiger partial charge in [0.2, 0.25) is 0 Å². The van der Waals surface area contributed by atoms with Gasteiger partial charge in [0.15, 0.2) is 0 Å². The van der Waals surface area contributed by atoms with E-state index in [0.717, 1.165) is 0 Å². The van der Waals surface area contributed by atoms with Crippen molar-refractivity contribution in [2.75, 3.05) is 13.2 Å². The zero-order chi connectivity index (χ0) is 17.8. The van der Waals surface area contributed by atoms with Gasteiger partial charge in [-0.1, -0.05) is 6.58 Å². The van der Waals surface area contributed by atoms with Gasteiger partial charge in [-0.05, 0) is 26.2 Å². The lowest BCUT2D eigenvalue weighted by Gasteiger charge is -2.64. The molecule has 0 aliphatic heterocycles. The predicted octanol–water partition coefficient (Wildman–Crippen LogP) is 0.210. The molecular weight excluding hydrogens is 316 g/mol. The number of ether oxygens (including phenoxy) is 2. The molecule has 4 fully saturated rings. The molecule has 0 aromatic carbocycles. The Morgan fingerprint density at radius 1 is 0.875 bits per heavy atom. The van der Waals surface area contributed by atoms with Crippen molar-refractivity contribution < 1.29 is 34.4 Å². The number of rotatable bonds is 5. The molecule has 0 aromatic heterocycles. The van der Waals surface area contributed by atoms with Crippen LogP contribution in [0.2, 0.25) is 0 Å². The Bertz CT molecular complexity index is 542. The van der Waals surface area contributed by atoms with Crippen molar-refractivity contribution in [3.63, 3.8) is 0 Å². The van der Waals surface area contributed by atoms with Gasteiger partial charge in [-0.3, -0.25) is 4.79 Å². The highest BCUT2D eigenvalue weighted by Gasteiger charge is 2.70. The fourth-order valence-electron chi connectivity index (χ4n) is 5.24. The van der Waals surface area contributed by atoms with Crippen LogP contribution < -0.4 is 0 Å². The average Bonchev–Trinajstić information content (AvgIpc) is 2.37. The van der Waals surface area contributed by atoms with Crippen molar-refractivity contribution in [2.45, 2.75) is 62.3 Å². The van der Waals surface area contributed by atoms with Crippen LogP contribution in [0.25, 0.3) is 0 Å². The van der Waals surface area contributed by atoms with Gasteiger partial charge >= 0.3 is 11.9 Å². The molecule has 0 saturated heterocycles. The van der Waals surface area contributed by atoms with E-state index in [-0.39, 0.29) is 57.3 Å². The van der Waals surface area contributed by atoms with Gasteiger partial charge in [-0.15, -0.1) is 0 Å². The summed E-state index contributed by atoms with van der Waals surface area (Å²) in [6.45, 7) is 4.77. The lowest BCUT2D eigenvalue weighted by molar-refractivity contribution is -0.280. The zero-order valence-electron chi connectivity index (χ0n) is 13.8. The maximum atomic E-state index is 12.6. The van der Waals surface area contributed by atoms with Crippen LogP contribution in [0.3, 0.4) is 0 Å². The summed E-state index contributed by atoms with van der Waals surface area (Å²) in [7, 11) is 0. The third kappa shape index (κ3) is 2.96. The summed E-state index contributed by atoms with van der Waals surface area (Å²) < 4.78 is 10.1. The lowest BCUT2D eigenvalue weighted by atomic mass is 9.44. The average molecular weight is 340 g/mol. The summed E-state index contributed by atoms with van der Waals surface area (Å²) in [4.78, 5) is 23.9. The predicted molar refractivity (Wildman–Crippen MR) is 81.7 cm³/mol. The topological polar surface area (TPSA) is 113 Å². The van der Waals surface area contributed by atoms with Crippen LogP contribution in [0.5, 0.6) is 0 Å². The van der Waals surface area contributed by atoms with E-state index < -0.39 is 34.2 Å². The highest BCUT2D eigenvalue weighted by Crippen LogP contribution is 2.64. The molecule has 134 valence electrons. The van der Waals surface area contributed by atoms with Crippen LogP contribution in [0.1, 0.15) is 45.4 Å². The molecule has 0 amide bonds. The van der Waals surface area contributed by atoms with Crippen molar-refractivity contribution in [3.05, 3.63) is 12.2 Å². The van der Waals surface area contributed by atoms with Crippen LogP contribution in [0.15, 0.2) is 12.2 Å². The Hall–Kier alpha value is -1.44. The van der Waals surface area contributed by atoms with Crippen LogP contribution in [-0.4, -0.2) is 57.3 Å². The van der Waals surface area contributed by atoms with Crippen LogP contribution >= 0.6 is 0 Å². The monoisotopic (exact) mass is 340 g/mol. The molecule has 4 aliphatic rings. The second-order valence-electron chi connectivity index (χ2n) is 8.07. The molecular formula is C17H24O7. The molecule has 4 rings (SSSR count). The van der Waals surface area contributed by atoms with Gasteiger partial charge in [0.1, 0.15) is 13.2 Å². The Kier molecular flexibility index (Phi) is 3.82. The molecule has 0 unspecified atom stereocenters. The molecule has 0 atom stereocenters. The highest BCUT2D eigenvalue weighted by atomic mass is 16.6. The standard InChI is InChI=1S/C17H24O7/c1-11(2)12(18)23-3-4-24-13(19)14-5-15(20)8-16(21,6-14)10-17(22,7-14)9-15/h20-22H,1,3-10H2,2H3. The van der Waals surface area contributed by atoms with Gasteiger partial charge in [0.25, 0.3) is 0 Å². The zero-order valence-corrected chi connectivity index (χ0v) is 13.8. The molecule has 0 aromatic rings. The first kappa shape index (κ1) is 17.4. The molecule has 4 saturated carbocycles. The molecule has 0 radical (unpaired) electrons. The first-order valence-electron chi connectivity index (χ1n) is 8.16. The largest absolute Gasteiger partial charge is 0.462 e. The summed E-state index contributed by atoms with van der Waals surface area (Å²) in [5.41, 5.74) is -4.57. The van der Waals surface area contributed by atoms with E-state index in [9.17, 15) is 24.9 Å². The number of esters is 2. The van der Waals surface area contributed by atoms with E-state index in [4.69, 9.17) is 9.47 Å². The maximum absolute atomic E-state index is 12.6. The summed E-state index contributed by atoms with van der Waals surface area (Å²) >= 11 is 0.